The summed E-state index contributed by atoms with van der Waals surface area (Å²) in [5, 5.41) is 0. The van der Waals surface area contributed by atoms with Crippen LogP contribution in [0.5, 0.6) is 0 Å². The highest BCUT2D eigenvalue weighted by atomic mass is 35.5. The molecule has 0 aromatic heterocycles. The van der Waals surface area contributed by atoms with Crippen LogP contribution in [0.3, 0.4) is 0 Å². The van der Waals surface area contributed by atoms with Gasteiger partial charge in [-0.3, -0.25) is 0 Å². The summed E-state index contributed by atoms with van der Waals surface area (Å²) < 4.78 is 0.749. The number of rotatable bonds is 3. The first-order valence-corrected chi connectivity index (χ1v) is 5.13. The summed E-state index contributed by atoms with van der Waals surface area (Å²) in [6.45, 7) is 5.69. The Morgan fingerprint density at radius 1 is 1.38 bits per heavy atom. The molecule has 0 atom stereocenters. The SMILES string of the molecule is C=C(C)/C=C(\Cl)Sc1ccccc1. The van der Waals surface area contributed by atoms with E-state index in [9.17, 15) is 0 Å². The highest BCUT2D eigenvalue weighted by Gasteiger charge is 1.95. The quantitative estimate of drug-likeness (QED) is 0.525. The van der Waals surface area contributed by atoms with Crippen LogP contribution in [0.25, 0.3) is 0 Å². The van der Waals surface area contributed by atoms with Gasteiger partial charge in [0.15, 0.2) is 0 Å². The van der Waals surface area contributed by atoms with E-state index in [0.717, 1.165) is 14.8 Å². The Kier molecular flexibility index (Phi) is 4.13. The van der Waals surface area contributed by atoms with Crippen molar-refractivity contribution in [3.05, 3.63) is 52.9 Å². The van der Waals surface area contributed by atoms with E-state index < -0.39 is 0 Å². The van der Waals surface area contributed by atoms with E-state index in [0.29, 0.717) is 0 Å². The molecule has 0 aliphatic rings. The maximum Gasteiger partial charge on any atom is 0.0784 e. The topological polar surface area (TPSA) is 0 Å². The standard InChI is InChI=1S/C11H11ClS/c1-9(2)8-11(12)13-10-6-4-3-5-7-10/h3-8H,1H2,2H3/b11-8+. The molecule has 0 saturated heterocycles. The van der Waals surface area contributed by atoms with E-state index in [4.69, 9.17) is 11.6 Å². The minimum absolute atomic E-state index is 0.749. The highest BCUT2D eigenvalue weighted by Crippen LogP contribution is 2.29. The lowest BCUT2D eigenvalue weighted by Gasteiger charge is -1.98. The summed E-state index contributed by atoms with van der Waals surface area (Å²) >= 11 is 7.51. The third kappa shape index (κ3) is 4.20. The fourth-order valence-corrected chi connectivity index (χ4v) is 2.06. The predicted octanol–water partition coefficient (Wildman–Crippen LogP) is 4.44. The molecule has 0 aliphatic heterocycles. The van der Waals surface area contributed by atoms with Crippen LogP contribution in [-0.4, -0.2) is 0 Å². The Morgan fingerprint density at radius 3 is 2.54 bits per heavy atom. The Morgan fingerprint density at radius 2 is 2.00 bits per heavy atom. The van der Waals surface area contributed by atoms with E-state index in [1.54, 1.807) is 0 Å². The summed E-state index contributed by atoms with van der Waals surface area (Å²) in [6, 6.07) is 10.0. The molecule has 68 valence electrons. The molecule has 0 fully saturated rings. The minimum Gasteiger partial charge on any atom is -0.0960 e. The van der Waals surface area contributed by atoms with Crippen LogP contribution < -0.4 is 0 Å². The van der Waals surface area contributed by atoms with Crippen LogP contribution in [0, 0.1) is 0 Å². The van der Waals surface area contributed by atoms with Crippen LogP contribution in [0.1, 0.15) is 6.92 Å². The van der Waals surface area contributed by atoms with Crippen molar-refractivity contribution in [3.8, 4) is 0 Å². The molecule has 0 amide bonds. The summed E-state index contributed by atoms with van der Waals surface area (Å²) in [4.78, 5) is 1.14. The Balaban J connectivity index is 2.65. The number of hydrogen-bond acceptors (Lipinski definition) is 1. The van der Waals surface area contributed by atoms with E-state index in [1.165, 1.54) is 11.8 Å². The van der Waals surface area contributed by atoms with Crippen molar-refractivity contribution in [2.24, 2.45) is 0 Å². The molecule has 13 heavy (non-hydrogen) atoms. The summed E-state index contributed by atoms with van der Waals surface area (Å²) in [5.41, 5.74) is 0.966. The number of allylic oxidation sites excluding steroid dienone is 2. The van der Waals surface area contributed by atoms with Crippen molar-refractivity contribution in [2.75, 3.05) is 0 Å². The molecule has 1 aromatic rings. The van der Waals surface area contributed by atoms with Crippen molar-refractivity contribution in [1.29, 1.82) is 0 Å². The Bertz CT molecular complexity index is 314. The first-order chi connectivity index (χ1) is 6.18. The molecular formula is C11H11ClS. The second-order valence-electron chi connectivity index (χ2n) is 2.71. The maximum atomic E-state index is 5.97. The highest BCUT2D eigenvalue weighted by molar-refractivity contribution is 8.04. The number of hydrogen-bond donors (Lipinski definition) is 0. The molecule has 0 N–H and O–H groups in total. The van der Waals surface area contributed by atoms with Crippen molar-refractivity contribution in [3.63, 3.8) is 0 Å². The number of halogens is 1. The summed E-state index contributed by atoms with van der Waals surface area (Å²) in [5.74, 6) is 0. The molecule has 0 saturated carbocycles. The van der Waals surface area contributed by atoms with E-state index >= 15 is 0 Å². The fraction of sp³-hybridized carbons (Fsp3) is 0.0909. The predicted molar refractivity (Wildman–Crippen MR) is 61.0 cm³/mol. The van der Waals surface area contributed by atoms with Gasteiger partial charge in [-0.15, -0.1) is 0 Å². The zero-order valence-corrected chi connectivity index (χ0v) is 9.03. The van der Waals surface area contributed by atoms with E-state index in [1.807, 2.05) is 43.3 Å². The van der Waals surface area contributed by atoms with Crippen LogP contribution in [0.15, 0.2) is 57.8 Å². The van der Waals surface area contributed by atoms with E-state index in [2.05, 4.69) is 6.58 Å². The summed E-state index contributed by atoms with van der Waals surface area (Å²) in [6.07, 6.45) is 1.86. The molecule has 0 aliphatic carbocycles. The van der Waals surface area contributed by atoms with Gasteiger partial charge in [0.05, 0.1) is 4.36 Å². The van der Waals surface area contributed by atoms with Gasteiger partial charge in [0.2, 0.25) is 0 Å². The van der Waals surface area contributed by atoms with Gasteiger partial charge in [0.25, 0.3) is 0 Å². The first-order valence-electron chi connectivity index (χ1n) is 3.94. The van der Waals surface area contributed by atoms with Crippen molar-refractivity contribution >= 4 is 23.4 Å². The van der Waals surface area contributed by atoms with Gasteiger partial charge < -0.3 is 0 Å². The molecule has 0 spiro atoms. The monoisotopic (exact) mass is 210 g/mol. The average Bonchev–Trinajstić information content (AvgIpc) is 2.04. The van der Waals surface area contributed by atoms with Crippen molar-refractivity contribution in [2.45, 2.75) is 11.8 Å². The van der Waals surface area contributed by atoms with Crippen LogP contribution >= 0.6 is 23.4 Å². The number of thioether (sulfide) groups is 1. The normalized spacial score (nSPS) is 11.4. The molecule has 1 rings (SSSR count). The van der Waals surface area contributed by atoms with Gasteiger partial charge in [0.1, 0.15) is 0 Å². The second-order valence-corrected chi connectivity index (χ2v) is 4.46. The minimum atomic E-state index is 0.749. The third-order valence-corrected chi connectivity index (χ3v) is 2.48. The first kappa shape index (κ1) is 10.4. The molecule has 0 heterocycles. The Labute approximate surface area is 88.3 Å². The van der Waals surface area contributed by atoms with Gasteiger partial charge in [-0.1, -0.05) is 53.7 Å². The smallest absolute Gasteiger partial charge is 0.0784 e. The average molecular weight is 211 g/mol. The molecule has 0 unspecified atom stereocenters. The van der Waals surface area contributed by atoms with Gasteiger partial charge in [0, 0.05) is 4.90 Å². The van der Waals surface area contributed by atoms with Crippen LogP contribution in [0.2, 0.25) is 0 Å². The molecule has 0 radical (unpaired) electrons. The van der Waals surface area contributed by atoms with Crippen LogP contribution in [-0.2, 0) is 0 Å². The largest absolute Gasteiger partial charge is 0.0960 e. The lowest BCUT2D eigenvalue weighted by Crippen LogP contribution is -1.70. The van der Waals surface area contributed by atoms with Gasteiger partial charge in [-0.2, -0.15) is 0 Å². The molecule has 0 bridgehead atoms. The Hall–Kier alpha value is -0.660. The van der Waals surface area contributed by atoms with E-state index in [-0.39, 0.29) is 0 Å². The summed E-state index contributed by atoms with van der Waals surface area (Å²) in [7, 11) is 0. The zero-order valence-electron chi connectivity index (χ0n) is 7.46. The molecule has 2 heteroatoms. The lowest BCUT2D eigenvalue weighted by molar-refractivity contribution is 1.47. The zero-order chi connectivity index (χ0) is 9.68. The van der Waals surface area contributed by atoms with Crippen molar-refractivity contribution in [1.82, 2.24) is 0 Å². The van der Waals surface area contributed by atoms with Gasteiger partial charge in [-0.05, 0) is 25.1 Å². The lowest BCUT2D eigenvalue weighted by atomic mass is 10.4. The molecule has 0 nitrogen and oxygen atoms in total. The second kappa shape index (κ2) is 5.15. The van der Waals surface area contributed by atoms with Crippen molar-refractivity contribution < 1.29 is 0 Å². The fourth-order valence-electron chi connectivity index (χ4n) is 0.824. The van der Waals surface area contributed by atoms with Gasteiger partial charge >= 0.3 is 0 Å². The number of benzene rings is 1. The van der Waals surface area contributed by atoms with Crippen LogP contribution in [0.4, 0.5) is 0 Å². The van der Waals surface area contributed by atoms with Gasteiger partial charge in [-0.25, -0.2) is 0 Å². The maximum absolute atomic E-state index is 5.97. The molecular weight excluding hydrogens is 200 g/mol. The molecule has 1 aromatic carbocycles. The third-order valence-electron chi connectivity index (χ3n) is 1.32.